The Morgan fingerprint density at radius 1 is 1.55 bits per heavy atom. The molecule has 0 atom stereocenters. The minimum Gasteiger partial charge on any atom is -0.477 e. The van der Waals surface area contributed by atoms with Crippen molar-refractivity contribution in [2.24, 2.45) is 7.05 Å². The van der Waals surface area contributed by atoms with Crippen LogP contribution in [0.1, 0.15) is 20.4 Å². The van der Waals surface area contributed by atoms with Gasteiger partial charge in [0, 0.05) is 24.3 Å². The Hall–Kier alpha value is -1.71. The van der Waals surface area contributed by atoms with Crippen LogP contribution in [0.3, 0.4) is 0 Å². The van der Waals surface area contributed by atoms with E-state index in [1.54, 1.807) is 30.9 Å². The average Bonchev–Trinajstić information content (AvgIpc) is 2.93. The van der Waals surface area contributed by atoms with Gasteiger partial charge in [0.15, 0.2) is 0 Å². The van der Waals surface area contributed by atoms with Gasteiger partial charge in [-0.2, -0.15) is 0 Å². The summed E-state index contributed by atoms with van der Waals surface area (Å²) in [4.78, 5) is 15.3. The summed E-state index contributed by atoms with van der Waals surface area (Å²) >= 11 is 0.936. The van der Waals surface area contributed by atoms with Crippen molar-refractivity contribution in [3.8, 4) is 0 Å². The highest BCUT2D eigenvalue weighted by Crippen LogP contribution is 2.25. The highest BCUT2D eigenvalue weighted by atomic mass is 32.2. The lowest BCUT2D eigenvalue weighted by molar-refractivity contribution is 0.0702. The molecule has 0 saturated carbocycles. The Bertz CT molecular complexity index is 746. The second-order valence-corrected chi connectivity index (χ2v) is 7.11. The van der Waals surface area contributed by atoms with Gasteiger partial charge in [0.1, 0.15) is 10.7 Å². The van der Waals surface area contributed by atoms with Crippen molar-refractivity contribution in [3.05, 3.63) is 34.0 Å². The molecule has 108 valence electrons. The molecule has 9 heteroatoms. The molecular formula is C11H13N3O4S2. The Morgan fingerprint density at radius 3 is 2.75 bits per heavy atom. The molecule has 0 spiro atoms. The van der Waals surface area contributed by atoms with Crippen molar-refractivity contribution in [1.82, 2.24) is 14.3 Å². The second kappa shape index (κ2) is 5.35. The van der Waals surface area contributed by atoms with Crippen LogP contribution in [0.5, 0.6) is 0 Å². The Kier molecular flexibility index (Phi) is 3.93. The molecular weight excluding hydrogens is 302 g/mol. The molecule has 0 aromatic carbocycles. The van der Waals surface area contributed by atoms with Crippen LogP contribution in [0.25, 0.3) is 0 Å². The topological polar surface area (TPSA) is 101 Å². The fourth-order valence-electron chi connectivity index (χ4n) is 1.64. The average molecular weight is 315 g/mol. The number of carbonyl (C=O) groups is 1. The zero-order valence-corrected chi connectivity index (χ0v) is 12.5. The highest BCUT2D eigenvalue weighted by molar-refractivity contribution is 7.89. The molecule has 2 N–H and O–H groups in total. The fourth-order valence-corrected chi connectivity index (χ4v) is 4.05. The molecule has 0 aliphatic rings. The molecule has 20 heavy (non-hydrogen) atoms. The van der Waals surface area contributed by atoms with Crippen molar-refractivity contribution < 1.29 is 18.3 Å². The van der Waals surface area contributed by atoms with Crippen molar-refractivity contribution in [1.29, 1.82) is 0 Å². The fraction of sp³-hybridized carbons (Fsp3) is 0.273. The number of aromatic nitrogens is 2. The third kappa shape index (κ3) is 2.89. The van der Waals surface area contributed by atoms with E-state index in [-0.39, 0.29) is 16.3 Å². The van der Waals surface area contributed by atoms with E-state index in [2.05, 4.69) is 9.71 Å². The lowest BCUT2D eigenvalue weighted by atomic mass is 10.4. The maximum absolute atomic E-state index is 12.2. The lowest BCUT2D eigenvalue weighted by Crippen LogP contribution is -2.24. The van der Waals surface area contributed by atoms with Gasteiger partial charge in [0.05, 0.1) is 11.4 Å². The zero-order chi connectivity index (χ0) is 14.9. The summed E-state index contributed by atoms with van der Waals surface area (Å²) < 4.78 is 28.4. The molecule has 0 aliphatic heterocycles. The monoisotopic (exact) mass is 315 g/mol. The maximum atomic E-state index is 12.2. The van der Waals surface area contributed by atoms with E-state index in [0.29, 0.717) is 10.7 Å². The summed E-state index contributed by atoms with van der Waals surface area (Å²) in [6, 6.07) is 1.17. The number of imidazole rings is 1. The van der Waals surface area contributed by atoms with E-state index in [1.807, 2.05) is 0 Å². The predicted molar refractivity (Wildman–Crippen MR) is 73.2 cm³/mol. The van der Waals surface area contributed by atoms with Crippen molar-refractivity contribution in [2.75, 3.05) is 0 Å². The van der Waals surface area contributed by atoms with Gasteiger partial charge in [-0.25, -0.2) is 22.9 Å². The summed E-state index contributed by atoms with van der Waals surface area (Å²) in [6.07, 6.45) is 3.28. The number of nitrogens with zero attached hydrogens (tertiary/aromatic N) is 2. The number of sulfonamides is 1. The number of carboxylic acid groups (broad SMARTS) is 1. The standard InChI is InChI=1S/C11H13N3O4S2/c1-7-9(5-8(19-7)11(15)16)20(17,18)13-6-10-12-3-4-14(10)2/h3-5,13H,6H2,1-2H3,(H,15,16). The van der Waals surface area contributed by atoms with Gasteiger partial charge in [0.25, 0.3) is 0 Å². The molecule has 2 rings (SSSR count). The number of thiophene rings is 1. The van der Waals surface area contributed by atoms with E-state index in [9.17, 15) is 13.2 Å². The number of aryl methyl sites for hydroxylation is 2. The number of aromatic carboxylic acids is 1. The highest BCUT2D eigenvalue weighted by Gasteiger charge is 2.22. The maximum Gasteiger partial charge on any atom is 0.345 e. The van der Waals surface area contributed by atoms with Crippen LogP contribution in [-0.4, -0.2) is 29.0 Å². The van der Waals surface area contributed by atoms with Gasteiger partial charge in [0.2, 0.25) is 10.0 Å². The van der Waals surface area contributed by atoms with Crippen LogP contribution in [0.15, 0.2) is 23.4 Å². The SMILES string of the molecule is Cc1sc(C(=O)O)cc1S(=O)(=O)NCc1nccn1C. The van der Waals surface area contributed by atoms with Gasteiger partial charge >= 0.3 is 5.97 Å². The zero-order valence-electron chi connectivity index (χ0n) is 10.8. The van der Waals surface area contributed by atoms with Crippen LogP contribution in [0.2, 0.25) is 0 Å². The summed E-state index contributed by atoms with van der Waals surface area (Å²) in [7, 11) is -1.99. The summed E-state index contributed by atoms with van der Waals surface area (Å²) in [6.45, 7) is 1.62. The van der Waals surface area contributed by atoms with E-state index >= 15 is 0 Å². The third-order valence-electron chi connectivity index (χ3n) is 2.71. The minimum absolute atomic E-state index is 0.000123. The van der Waals surface area contributed by atoms with Crippen LogP contribution >= 0.6 is 11.3 Å². The van der Waals surface area contributed by atoms with E-state index in [4.69, 9.17) is 5.11 Å². The smallest absolute Gasteiger partial charge is 0.345 e. The van der Waals surface area contributed by atoms with E-state index in [1.165, 1.54) is 6.07 Å². The van der Waals surface area contributed by atoms with Crippen LogP contribution < -0.4 is 4.72 Å². The molecule has 0 saturated heterocycles. The predicted octanol–water partition coefficient (Wildman–Crippen LogP) is 0.967. The van der Waals surface area contributed by atoms with Gasteiger partial charge < -0.3 is 9.67 Å². The molecule has 0 aliphatic carbocycles. The molecule has 7 nitrogen and oxygen atoms in total. The number of hydrogen-bond donors (Lipinski definition) is 2. The van der Waals surface area contributed by atoms with Crippen molar-refractivity contribution >= 4 is 27.3 Å². The first-order valence-corrected chi connectivity index (χ1v) is 7.91. The largest absolute Gasteiger partial charge is 0.477 e. The van der Waals surface area contributed by atoms with Gasteiger partial charge in [-0.1, -0.05) is 0 Å². The molecule has 0 amide bonds. The summed E-state index contributed by atoms with van der Waals surface area (Å²) in [5, 5.41) is 8.89. The number of rotatable bonds is 5. The summed E-state index contributed by atoms with van der Waals surface area (Å²) in [5.41, 5.74) is 0. The second-order valence-electron chi connectivity index (χ2n) is 4.12. The Balaban J connectivity index is 2.22. The molecule has 0 bridgehead atoms. The van der Waals surface area contributed by atoms with Gasteiger partial charge in [-0.3, -0.25) is 0 Å². The molecule has 0 radical (unpaired) electrons. The minimum atomic E-state index is -3.75. The first-order valence-electron chi connectivity index (χ1n) is 5.61. The third-order valence-corrected chi connectivity index (χ3v) is 5.41. The van der Waals surface area contributed by atoms with Crippen LogP contribution in [0.4, 0.5) is 0 Å². The number of nitrogens with one attached hydrogen (secondary N) is 1. The first kappa shape index (κ1) is 14.7. The van der Waals surface area contributed by atoms with Crippen LogP contribution in [0, 0.1) is 6.92 Å². The first-order chi connectivity index (χ1) is 9.31. The Labute approximate surface area is 119 Å². The molecule has 2 heterocycles. The van der Waals surface area contributed by atoms with E-state index < -0.39 is 16.0 Å². The van der Waals surface area contributed by atoms with E-state index in [0.717, 1.165) is 11.3 Å². The molecule has 0 unspecified atom stereocenters. The number of carboxylic acids is 1. The van der Waals surface area contributed by atoms with Crippen LogP contribution in [-0.2, 0) is 23.6 Å². The summed E-state index contributed by atoms with van der Waals surface area (Å²) in [5.74, 6) is -0.566. The molecule has 2 aromatic rings. The van der Waals surface area contributed by atoms with Crippen molar-refractivity contribution in [2.45, 2.75) is 18.4 Å². The quantitative estimate of drug-likeness (QED) is 0.856. The normalized spacial score (nSPS) is 11.7. The van der Waals surface area contributed by atoms with Gasteiger partial charge in [-0.15, -0.1) is 11.3 Å². The number of hydrogen-bond acceptors (Lipinski definition) is 5. The van der Waals surface area contributed by atoms with Crippen molar-refractivity contribution in [3.63, 3.8) is 0 Å². The lowest BCUT2D eigenvalue weighted by Gasteiger charge is -2.06. The molecule has 2 aromatic heterocycles. The van der Waals surface area contributed by atoms with Gasteiger partial charge in [-0.05, 0) is 13.0 Å². The molecule has 0 fully saturated rings. The Morgan fingerprint density at radius 2 is 2.25 bits per heavy atom.